The zero-order valence-electron chi connectivity index (χ0n) is 12.7. The van der Waals surface area contributed by atoms with Gasteiger partial charge >= 0.3 is 6.03 Å². The zero-order valence-corrected chi connectivity index (χ0v) is 12.7. The average molecular weight is 310 g/mol. The lowest BCUT2D eigenvalue weighted by atomic mass is 10.2. The highest BCUT2D eigenvalue weighted by atomic mass is 16.3. The van der Waals surface area contributed by atoms with Gasteiger partial charge in [0.2, 0.25) is 0 Å². The number of nitriles is 1. The lowest BCUT2D eigenvalue weighted by Crippen LogP contribution is -2.51. The van der Waals surface area contributed by atoms with Gasteiger partial charge < -0.3 is 19.5 Å². The van der Waals surface area contributed by atoms with E-state index in [4.69, 9.17) is 9.68 Å². The zero-order chi connectivity index (χ0) is 16.1. The maximum atomic E-state index is 12.1. The van der Waals surface area contributed by atoms with Crippen LogP contribution in [0.2, 0.25) is 0 Å². The first-order chi connectivity index (χ1) is 11.3. The Hall–Kier alpha value is -2.94. The van der Waals surface area contributed by atoms with Gasteiger partial charge in [0.1, 0.15) is 5.76 Å². The van der Waals surface area contributed by atoms with Crippen LogP contribution in [0.4, 0.5) is 10.5 Å². The number of furan rings is 1. The van der Waals surface area contributed by atoms with E-state index < -0.39 is 0 Å². The second kappa shape index (κ2) is 6.88. The van der Waals surface area contributed by atoms with Gasteiger partial charge in [-0.25, -0.2) is 4.79 Å². The molecule has 1 aromatic carbocycles. The average Bonchev–Trinajstić information content (AvgIpc) is 3.13. The van der Waals surface area contributed by atoms with Crippen LogP contribution in [0.15, 0.2) is 47.1 Å². The molecular weight excluding hydrogens is 292 g/mol. The molecule has 2 heterocycles. The Morgan fingerprint density at radius 3 is 2.52 bits per heavy atom. The number of nitrogens with one attached hydrogen (secondary N) is 1. The largest absolute Gasteiger partial charge is 0.467 e. The number of hydrogen-bond donors (Lipinski definition) is 1. The van der Waals surface area contributed by atoms with Crippen LogP contribution in [0.25, 0.3) is 0 Å². The summed E-state index contributed by atoms with van der Waals surface area (Å²) >= 11 is 0. The summed E-state index contributed by atoms with van der Waals surface area (Å²) < 4.78 is 5.20. The third-order valence-corrected chi connectivity index (χ3v) is 3.92. The number of piperazine rings is 1. The molecule has 0 spiro atoms. The fourth-order valence-corrected chi connectivity index (χ4v) is 2.60. The van der Waals surface area contributed by atoms with Crippen LogP contribution >= 0.6 is 0 Å². The molecule has 118 valence electrons. The second-order valence-corrected chi connectivity index (χ2v) is 5.37. The number of amides is 2. The van der Waals surface area contributed by atoms with E-state index in [1.54, 1.807) is 12.3 Å². The maximum absolute atomic E-state index is 12.1. The molecule has 1 aromatic heterocycles. The number of anilines is 1. The topological polar surface area (TPSA) is 72.5 Å². The normalized spacial score (nSPS) is 14.4. The number of urea groups is 1. The Morgan fingerprint density at radius 1 is 1.17 bits per heavy atom. The van der Waals surface area contributed by atoms with E-state index in [1.807, 2.05) is 35.2 Å². The number of nitrogens with zero attached hydrogens (tertiary/aromatic N) is 3. The monoisotopic (exact) mass is 310 g/mol. The molecule has 0 radical (unpaired) electrons. The molecule has 2 amide bonds. The first-order valence-electron chi connectivity index (χ1n) is 7.56. The molecule has 1 aliphatic rings. The number of carbonyl (C=O) groups excluding carboxylic acids is 1. The number of hydrogen-bond acceptors (Lipinski definition) is 4. The lowest BCUT2D eigenvalue weighted by molar-refractivity contribution is 0.193. The van der Waals surface area contributed by atoms with Crippen molar-refractivity contribution in [2.45, 2.75) is 6.54 Å². The summed E-state index contributed by atoms with van der Waals surface area (Å²) in [7, 11) is 0. The fraction of sp³-hybridized carbons (Fsp3) is 0.294. The molecule has 1 saturated heterocycles. The minimum absolute atomic E-state index is 0.0686. The van der Waals surface area contributed by atoms with Gasteiger partial charge in [-0.15, -0.1) is 0 Å². The molecule has 3 rings (SSSR count). The highest BCUT2D eigenvalue weighted by Crippen LogP contribution is 2.17. The highest BCUT2D eigenvalue weighted by Gasteiger charge is 2.21. The molecule has 6 heteroatoms. The van der Waals surface area contributed by atoms with Crippen molar-refractivity contribution in [2.24, 2.45) is 0 Å². The predicted molar refractivity (Wildman–Crippen MR) is 85.9 cm³/mol. The molecule has 1 aliphatic heterocycles. The Kier molecular flexibility index (Phi) is 4.48. The van der Waals surface area contributed by atoms with Crippen LogP contribution in [0.5, 0.6) is 0 Å². The summed E-state index contributed by atoms with van der Waals surface area (Å²) in [6.45, 7) is 3.30. The molecule has 0 saturated carbocycles. The standard InChI is InChI=1S/C17H18N4O2/c18-12-14-3-5-15(6-4-14)20-7-9-21(10-8-20)17(22)19-13-16-2-1-11-23-16/h1-6,11H,7-10,13H2,(H,19,22). The summed E-state index contributed by atoms with van der Waals surface area (Å²) in [5, 5.41) is 11.7. The van der Waals surface area contributed by atoms with Gasteiger partial charge in [0.15, 0.2) is 0 Å². The first kappa shape index (κ1) is 15.0. The molecule has 0 atom stereocenters. The van der Waals surface area contributed by atoms with Gasteiger partial charge in [0, 0.05) is 31.9 Å². The molecule has 0 unspecified atom stereocenters. The van der Waals surface area contributed by atoms with Gasteiger partial charge in [-0.3, -0.25) is 0 Å². The predicted octanol–water partition coefficient (Wildman–Crippen LogP) is 2.18. The van der Waals surface area contributed by atoms with Gasteiger partial charge in [-0.1, -0.05) is 0 Å². The van der Waals surface area contributed by atoms with E-state index in [0.717, 1.165) is 24.5 Å². The van der Waals surface area contributed by atoms with Crippen LogP contribution in [-0.4, -0.2) is 37.1 Å². The van der Waals surface area contributed by atoms with Gasteiger partial charge in [0.05, 0.1) is 24.4 Å². The first-order valence-corrected chi connectivity index (χ1v) is 7.56. The smallest absolute Gasteiger partial charge is 0.317 e. The minimum Gasteiger partial charge on any atom is -0.467 e. The Morgan fingerprint density at radius 2 is 1.91 bits per heavy atom. The van der Waals surface area contributed by atoms with Crippen LogP contribution < -0.4 is 10.2 Å². The van der Waals surface area contributed by atoms with Gasteiger partial charge in [-0.2, -0.15) is 5.26 Å². The van der Waals surface area contributed by atoms with Crippen LogP contribution in [0, 0.1) is 11.3 Å². The molecule has 0 aliphatic carbocycles. The van der Waals surface area contributed by atoms with Crippen molar-refractivity contribution in [3.63, 3.8) is 0 Å². The van der Waals surface area contributed by atoms with E-state index in [9.17, 15) is 4.79 Å². The molecule has 0 bridgehead atoms. The lowest BCUT2D eigenvalue weighted by Gasteiger charge is -2.36. The van der Waals surface area contributed by atoms with Gasteiger partial charge in [-0.05, 0) is 36.4 Å². The third-order valence-electron chi connectivity index (χ3n) is 3.92. The van der Waals surface area contributed by atoms with Crippen molar-refractivity contribution in [1.82, 2.24) is 10.2 Å². The molecular formula is C17H18N4O2. The van der Waals surface area contributed by atoms with Crippen molar-refractivity contribution in [1.29, 1.82) is 5.26 Å². The summed E-state index contributed by atoms with van der Waals surface area (Å²) in [5.74, 6) is 0.745. The van der Waals surface area contributed by atoms with E-state index in [2.05, 4.69) is 16.3 Å². The summed E-state index contributed by atoms with van der Waals surface area (Å²) in [5.41, 5.74) is 1.74. The molecule has 1 fully saturated rings. The van der Waals surface area contributed by atoms with E-state index in [0.29, 0.717) is 25.2 Å². The minimum atomic E-state index is -0.0686. The Bertz CT molecular complexity index is 680. The number of carbonyl (C=O) groups is 1. The molecule has 6 nitrogen and oxygen atoms in total. The summed E-state index contributed by atoms with van der Waals surface area (Å²) in [4.78, 5) is 16.2. The molecule has 1 N–H and O–H groups in total. The van der Waals surface area contributed by atoms with E-state index >= 15 is 0 Å². The van der Waals surface area contributed by atoms with Crippen LogP contribution in [0.1, 0.15) is 11.3 Å². The summed E-state index contributed by atoms with van der Waals surface area (Å²) in [6, 6.07) is 13.2. The Balaban J connectivity index is 1.49. The molecule has 2 aromatic rings. The summed E-state index contributed by atoms with van der Waals surface area (Å²) in [6.07, 6.45) is 1.60. The SMILES string of the molecule is N#Cc1ccc(N2CCN(C(=O)NCc3ccco3)CC2)cc1. The van der Waals surface area contributed by atoms with Crippen molar-refractivity contribution < 1.29 is 9.21 Å². The van der Waals surface area contributed by atoms with Crippen LogP contribution in [-0.2, 0) is 6.54 Å². The van der Waals surface area contributed by atoms with Crippen molar-refractivity contribution >= 4 is 11.7 Å². The number of benzene rings is 1. The Labute approximate surface area is 134 Å². The quantitative estimate of drug-likeness (QED) is 0.943. The van der Waals surface area contributed by atoms with Crippen molar-refractivity contribution in [3.8, 4) is 6.07 Å². The van der Waals surface area contributed by atoms with Crippen LogP contribution in [0.3, 0.4) is 0 Å². The maximum Gasteiger partial charge on any atom is 0.317 e. The van der Waals surface area contributed by atoms with Gasteiger partial charge in [0.25, 0.3) is 0 Å². The molecule has 23 heavy (non-hydrogen) atoms. The number of rotatable bonds is 3. The second-order valence-electron chi connectivity index (χ2n) is 5.37. The highest BCUT2D eigenvalue weighted by molar-refractivity contribution is 5.74. The third kappa shape index (κ3) is 3.64. The van der Waals surface area contributed by atoms with E-state index in [1.165, 1.54) is 0 Å². The van der Waals surface area contributed by atoms with Crippen molar-refractivity contribution in [2.75, 3.05) is 31.1 Å². The van der Waals surface area contributed by atoms with E-state index in [-0.39, 0.29) is 6.03 Å². The van der Waals surface area contributed by atoms with Crippen molar-refractivity contribution in [3.05, 3.63) is 54.0 Å². The fourth-order valence-electron chi connectivity index (χ4n) is 2.60.